The molecule has 1 fully saturated rings. The van der Waals surface area contributed by atoms with E-state index in [4.69, 9.17) is 0 Å². The van der Waals surface area contributed by atoms with Crippen molar-refractivity contribution in [3.63, 3.8) is 0 Å². The molecule has 5 rings (SSSR count). The minimum atomic E-state index is -0.469. The first-order valence-electron chi connectivity index (χ1n) is 9.66. The number of likely N-dealkylation sites (tertiary alicyclic amines) is 1. The van der Waals surface area contributed by atoms with Gasteiger partial charge in [0.2, 0.25) is 5.91 Å². The molecule has 0 radical (unpaired) electrons. The number of carbonyl (C=O) groups is 2. The first-order valence-corrected chi connectivity index (χ1v) is 9.66. The van der Waals surface area contributed by atoms with Gasteiger partial charge in [-0.3, -0.25) is 9.59 Å². The third-order valence-corrected chi connectivity index (χ3v) is 5.88. The molecule has 2 aromatic carbocycles. The highest BCUT2D eigenvalue weighted by Gasteiger charge is 2.40. The van der Waals surface area contributed by atoms with Gasteiger partial charge in [0.05, 0.1) is 12.0 Å². The second-order valence-corrected chi connectivity index (χ2v) is 7.62. The van der Waals surface area contributed by atoms with E-state index >= 15 is 0 Å². The quantitative estimate of drug-likeness (QED) is 0.645. The molecule has 3 N–H and O–H groups in total. The Kier molecular flexibility index (Phi) is 3.86. The first-order chi connectivity index (χ1) is 13.6. The molecular weight excluding hydrogens is 352 g/mol. The molecule has 0 atom stereocenters. The first kappa shape index (κ1) is 16.9. The fourth-order valence-electron chi connectivity index (χ4n) is 4.30. The van der Waals surface area contributed by atoms with Crippen LogP contribution in [0.2, 0.25) is 0 Å². The summed E-state index contributed by atoms with van der Waals surface area (Å²) in [6, 6.07) is 15.6. The molecule has 0 bridgehead atoms. The number of rotatable bonds is 2. The van der Waals surface area contributed by atoms with Crippen LogP contribution in [0.15, 0.2) is 54.7 Å². The fraction of sp³-hybridized carbons (Fsp3) is 0.273. The molecule has 3 aromatic rings. The van der Waals surface area contributed by atoms with Gasteiger partial charge < -0.3 is 20.5 Å². The molecule has 2 amide bonds. The maximum absolute atomic E-state index is 12.8. The fourth-order valence-corrected chi connectivity index (χ4v) is 4.30. The monoisotopic (exact) mass is 374 g/mol. The summed E-state index contributed by atoms with van der Waals surface area (Å²) in [5.41, 5.74) is 3.15. The van der Waals surface area contributed by atoms with Gasteiger partial charge in [-0.25, -0.2) is 0 Å². The summed E-state index contributed by atoms with van der Waals surface area (Å²) in [7, 11) is 0. The number of hydrogen-bond donors (Lipinski definition) is 3. The lowest BCUT2D eigenvalue weighted by atomic mass is 9.92. The van der Waals surface area contributed by atoms with Crippen LogP contribution in [0.1, 0.15) is 28.8 Å². The number of para-hydroxylation sites is 2. The van der Waals surface area contributed by atoms with Crippen molar-refractivity contribution >= 4 is 28.4 Å². The summed E-state index contributed by atoms with van der Waals surface area (Å²) in [5, 5.41) is 7.72. The van der Waals surface area contributed by atoms with Crippen LogP contribution in [-0.4, -0.2) is 40.5 Å². The van der Waals surface area contributed by atoms with Gasteiger partial charge in [-0.1, -0.05) is 30.3 Å². The number of anilines is 1. The standard InChI is InChI=1S/C22H22N4O2/c27-20(13-15-14-23-18-7-3-1-5-16(15)18)26-11-9-22(10-12-26)24-19-8-4-2-6-17(19)21(28)25-22/h1-8,14,23-24H,9-13H2,(H,25,28). The largest absolute Gasteiger partial charge is 0.362 e. The number of H-pyrrole nitrogens is 1. The van der Waals surface area contributed by atoms with Crippen molar-refractivity contribution in [2.24, 2.45) is 0 Å². The third-order valence-electron chi connectivity index (χ3n) is 5.88. The van der Waals surface area contributed by atoms with Gasteiger partial charge in [0.1, 0.15) is 5.66 Å². The highest BCUT2D eigenvalue weighted by atomic mass is 16.2. The number of benzene rings is 2. The molecule has 0 aliphatic carbocycles. The van der Waals surface area contributed by atoms with Gasteiger partial charge in [-0.2, -0.15) is 0 Å². The Morgan fingerprint density at radius 2 is 1.75 bits per heavy atom. The highest BCUT2D eigenvalue weighted by molar-refractivity contribution is 6.02. The number of fused-ring (bicyclic) bond motifs is 2. The van der Waals surface area contributed by atoms with Gasteiger partial charge in [0, 0.05) is 48.7 Å². The van der Waals surface area contributed by atoms with E-state index in [1.807, 2.05) is 59.6 Å². The zero-order valence-corrected chi connectivity index (χ0v) is 15.5. The van der Waals surface area contributed by atoms with E-state index in [-0.39, 0.29) is 11.8 Å². The molecule has 3 heterocycles. The maximum Gasteiger partial charge on any atom is 0.255 e. The van der Waals surface area contributed by atoms with Gasteiger partial charge in [-0.15, -0.1) is 0 Å². The highest BCUT2D eigenvalue weighted by Crippen LogP contribution is 2.31. The van der Waals surface area contributed by atoms with Crippen LogP contribution < -0.4 is 10.6 Å². The Labute approximate surface area is 162 Å². The Morgan fingerprint density at radius 1 is 1.00 bits per heavy atom. The van der Waals surface area contributed by atoms with Gasteiger partial charge in [0.25, 0.3) is 5.91 Å². The Bertz CT molecular complexity index is 1060. The zero-order chi connectivity index (χ0) is 19.1. The average molecular weight is 374 g/mol. The summed E-state index contributed by atoms with van der Waals surface area (Å²) < 4.78 is 0. The van der Waals surface area contributed by atoms with E-state index in [0.717, 1.165) is 22.2 Å². The molecule has 1 spiro atoms. The second kappa shape index (κ2) is 6.41. The van der Waals surface area contributed by atoms with Crippen molar-refractivity contribution < 1.29 is 9.59 Å². The minimum absolute atomic E-state index is 0.0482. The van der Waals surface area contributed by atoms with Crippen molar-refractivity contribution in [2.75, 3.05) is 18.4 Å². The lowest BCUT2D eigenvalue weighted by Gasteiger charge is -2.45. The smallest absolute Gasteiger partial charge is 0.255 e. The number of carbonyl (C=O) groups excluding carboxylic acids is 2. The van der Waals surface area contributed by atoms with E-state index in [1.54, 1.807) is 0 Å². The second-order valence-electron chi connectivity index (χ2n) is 7.62. The number of aromatic amines is 1. The van der Waals surface area contributed by atoms with Crippen LogP contribution in [0.3, 0.4) is 0 Å². The van der Waals surface area contributed by atoms with Crippen LogP contribution in [0.25, 0.3) is 10.9 Å². The number of nitrogens with zero attached hydrogens (tertiary/aromatic N) is 1. The number of nitrogens with one attached hydrogen (secondary N) is 3. The number of piperidine rings is 1. The van der Waals surface area contributed by atoms with E-state index in [1.165, 1.54) is 0 Å². The molecule has 28 heavy (non-hydrogen) atoms. The molecule has 142 valence electrons. The van der Waals surface area contributed by atoms with Gasteiger partial charge in [0.15, 0.2) is 0 Å². The third kappa shape index (κ3) is 2.81. The predicted molar refractivity (Wildman–Crippen MR) is 108 cm³/mol. The summed E-state index contributed by atoms with van der Waals surface area (Å²) >= 11 is 0. The number of hydrogen-bond acceptors (Lipinski definition) is 3. The minimum Gasteiger partial charge on any atom is -0.362 e. The molecule has 6 nitrogen and oxygen atoms in total. The SMILES string of the molecule is O=C1NC2(CCN(C(=O)Cc3c[nH]c4ccccc34)CC2)Nc2ccccc21. The molecular formula is C22H22N4O2. The van der Waals surface area contributed by atoms with Crippen molar-refractivity contribution in [1.29, 1.82) is 0 Å². The van der Waals surface area contributed by atoms with Crippen LogP contribution >= 0.6 is 0 Å². The Hall–Kier alpha value is -3.28. The van der Waals surface area contributed by atoms with Crippen LogP contribution in [0.4, 0.5) is 5.69 Å². The summed E-state index contributed by atoms with van der Waals surface area (Å²) in [4.78, 5) is 30.5. The molecule has 0 saturated carbocycles. The van der Waals surface area contributed by atoms with Crippen molar-refractivity contribution in [3.8, 4) is 0 Å². The average Bonchev–Trinajstić information content (AvgIpc) is 3.11. The molecule has 2 aliphatic rings. The molecule has 2 aliphatic heterocycles. The number of aromatic nitrogens is 1. The lowest BCUT2D eigenvalue weighted by Crippen LogP contribution is -2.62. The normalized spacial score (nSPS) is 17.9. The van der Waals surface area contributed by atoms with Crippen LogP contribution in [-0.2, 0) is 11.2 Å². The molecule has 0 unspecified atom stereocenters. The van der Waals surface area contributed by atoms with E-state index in [0.29, 0.717) is 37.9 Å². The Balaban J connectivity index is 1.27. The maximum atomic E-state index is 12.8. The van der Waals surface area contributed by atoms with E-state index < -0.39 is 5.66 Å². The van der Waals surface area contributed by atoms with E-state index in [9.17, 15) is 9.59 Å². The zero-order valence-electron chi connectivity index (χ0n) is 15.5. The number of amides is 2. The summed E-state index contributed by atoms with van der Waals surface area (Å²) in [6.07, 6.45) is 3.69. The van der Waals surface area contributed by atoms with Crippen molar-refractivity contribution in [1.82, 2.24) is 15.2 Å². The lowest BCUT2D eigenvalue weighted by molar-refractivity contribution is -0.132. The van der Waals surface area contributed by atoms with Gasteiger partial charge >= 0.3 is 0 Å². The Morgan fingerprint density at radius 3 is 2.61 bits per heavy atom. The van der Waals surface area contributed by atoms with Crippen molar-refractivity contribution in [2.45, 2.75) is 24.9 Å². The predicted octanol–water partition coefficient (Wildman–Crippen LogP) is 2.88. The van der Waals surface area contributed by atoms with Crippen LogP contribution in [0, 0.1) is 0 Å². The molecule has 1 saturated heterocycles. The summed E-state index contributed by atoms with van der Waals surface area (Å²) in [6.45, 7) is 1.24. The van der Waals surface area contributed by atoms with E-state index in [2.05, 4.69) is 15.6 Å². The van der Waals surface area contributed by atoms with Crippen LogP contribution in [0.5, 0.6) is 0 Å². The van der Waals surface area contributed by atoms with Crippen molar-refractivity contribution in [3.05, 3.63) is 65.9 Å². The summed E-state index contributed by atoms with van der Waals surface area (Å²) in [5.74, 6) is 0.0788. The topological polar surface area (TPSA) is 77.2 Å². The van der Waals surface area contributed by atoms with Gasteiger partial charge in [-0.05, 0) is 23.8 Å². The molecule has 6 heteroatoms. The molecule has 1 aromatic heterocycles.